The van der Waals surface area contributed by atoms with Crippen LogP contribution in [0.1, 0.15) is 51.4 Å². The molecule has 0 heterocycles. The van der Waals surface area contributed by atoms with Crippen molar-refractivity contribution in [3.8, 4) is 0 Å². The van der Waals surface area contributed by atoms with E-state index in [4.69, 9.17) is 3.32 Å². The van der Waals surface area contributed by atoms with Crippen molar-refractivity contribution >= 4 is 6.47 Å². The average molecular weight is 296 g/mol. The third kappa shape index (κ3) is 2.27. The van der Waals surface area contributed by atoms with E-state index in [9.17, 15) is 4.79 Å². The molecule has 3 aliphatic rings. The molecule has 0 saturated heterocycles. The van der Waals surface area contributed by atoms with Crippen LogP contribution in [-0.2, 0) is 25.1 Å². The number of allylic oxidation sites excluding steroid dienone is 4. The van der Waals surface area contributed by atoms with Crippen molar-refractivity contribution in [1.29, 1.82) is 0 Å². The first-order chi connectivity index (χ1) is 9.15. The van der Waals surface area contributed by atoms with Gasteiger partial charge in [-0.15, -0.1) is 0 Å². The third-order valence-corrected chi connectivity index (χ3v) is 9.49. The number of rotatable bonds is 3. The molecule has 0 spiro atoms. The van der Waals surface area contributed by atoms with Gasteiger partial charge in [-0.1, -0.05) is 0 Å². The van der Waals surface area contributed by atoms with Gasteiger partial charge in [0.15, 0.2) is 0 Å². The molecule has 0 radical (unpaired) electrons. The monoisotopic (exact) mass is 296 g/mol. The fourth-order valence-electron chi connectivity index (χ4n) is 4.43. The van der Waals surface area contributed by atoms with Crippen LogP contribution in [-0.4, -0.2) is 6.47 Å². The first-order valence-corrected chi connectivity index (χ1v) is 12.4. The Labute approximate surface area is 120 Å². The number of hydrogen-bond acceptors (Lipinski definition) is 2. The molecule has 2 nitrogen and oxygen atoms in total. The summed E-state index contributed by atoms with van der Waals surface area (Å²) in [5.74, 6) is 0. The van der Waals surface area contributed by atoms with E-state index in [1.54, 1.807) is 22.3 Å². The molecule has 0 atom stereocenters. The zero-order valence-electron chi connectivity index (χ0n) is 12.1. The van der Waals surface area contributed by atoms with Crippen LogP contribution in [0, 0.1) is 0 Å². The number of carbonyl (C=O) groups excluding carboxylic acids is 1. The van der Waals surface area contributed by atoms with Crippen molar-refractivity contribution in [2.24, 2.45) is 0 Å². The zero-order chi connectivity index (χ0) is 13.5. The fraction of sp³-hybridized carbons (Fsp3) is 0.688. The minimum atomic E-state index is -2.53. The summed E-state index contributed by atoms with van der Waals surface area (Å²) in [7, 11) is 0. The Hall–Kier alpha value is -0.336. The van der Waals surface area contributed by atoms with Crippen LogP contribution in [0.5, 0.6) is 0 Å². The number of carbonyl (C=O) groups is 1. The molecule has 0 bridgehead atoms. The Morgan fingerprint density at radius 1 is 0.947 bits per heavy atom. The number of fused-ring (bicyclic) bond motifs is 1. The van der Waals surface area contributed by atoms with Gasteiger partial charge < -0.3 is 0 Å². The van der Waals surface area contributed by atoms with E-state index in [2.05, 4.69) is 10.5 Å². The third-order valence-electron chi connectivity index (χ3n) is 5.13. The van der Waals surface area contributed by atoms with E-state index < -0.39 is 17.0 Å². The van der Waals surface area contributed by atoms with Crippen LogP contribution in [0.4, 0.5) is 0 Å². The molecule has 0 unspecified atom stereocenters. The summed E-state index contributed by atoms with van der Waals surface area (Å²) in [6.45, 7) is 0.713. The van der Waals surface area contributed by atoms with Gasteiger partial charge >= 0.3 is 120 Å². The van der Waals surface area contributed by atoms with Crippen LogP contribution < -0.4 is 0 Å². The second-order valence-corrected chi connectivity index (χ2v) is 12.9. The Kier molecular flexibility index (Phi) is 3.74. The van der Waals surface area contributed by atoms with Crippen molar-refractivity contribution in [3.63, 3.8) is 0 Å². The molecule has 0 N–H and O–H groups in total. The van der Waals surface area contributed by atoms with Crippen molar-refractivity contribution in [2.75, 3.05) is 0 Å². The molecule has 0 aromatic rings. The molecule has 104 valence electrons. The van der Waals surface area contributed by atoms with Gasteiger partial charge in [0.1, 0.15) is 0 Å². The molecule has 0 fully saturated rings. The molecule has 3 aliphatic carbocycles. The van der Waals surface area contributed by atoms with E-state index >= 15 is 0 Å². The molecule has 3 heteroatoms. The van der Waals surface area contributed by atoms with E-state index in [-0.39, 0.29) is 0 Å². The molecule has 19 heavy (non-hydrogen) atoms. The van der Waals surface area contributed by atoms with Crippen molar-refractivity contribution in [2.45, 2.75) is 66.0 Å². The number of hydrogen-bond donors (Lipinski definition) is 0. The molecular weight excluding hydrogens is 272 g/mol. The average Bonchev–Trinajstić information content (AvgIpc) is 2.74. The fourth-order valence-corrected chi connectivity index (χ4v) is 8.64. The van der Waals surface area contributed by atoms with Crippen molar-refractivity contribution in [3.05, 3.63) is 22.3 Å². The topological polar surface area (TPSA) is 26.3 Å². The van der Waals surface area contributed by atoms with E-state index in [1.165, 1.54) is 51.4 Å². The summed E-state index contributed by atoms with van der Waals surface area (Å²) in [6.07, 6.45) is 10.4. The maximum absolute atomic E-state index is 10.9. The van der Waals surface area contributed by atoms with Gasteiger partial charge in [-0.25, -0.2) is 0 Å². The Morgan fingerprint density at radius 3 is 1.89 bits per heavy atom. The second-order valence-electron chi connectivity index (χ2n) is 6.67. The van der Waals surface area contributed by atoms with Gasteiger partial charge in [0, 0.05) is 0 Å². The van der Waals surface area contributed by atoms with Crippen LogP contribution in [0.3, 0.4) is 0 Å². The summed E-state index contributed by atoms with van der Waals surface area (Å²) < 4.78 is 6.20. The van der Waals surface area contributed by atoms with Crippen molar-refractivity contribution < 1.29 is 25.1 Å². The molecule has 0 amide bonds. The normalized spacial score (nSPS) is 24.3. The quantitative estimate of drug-likeness (QED) is 0.548. The molecule has 0 saturated carbocycles. The van der Waals surface area contributed by atoms with Gasteiger partial charge in [-0.05, 0) is 0 Å². The Bertz CT molecular complexity index is 427. The van der Waals surface area contributed by atoms with Gasteiger partial charge in [0.05, 0.1) is 0 Å². The Balaban J connectivity index is 2.03. The van der Waals surface area contributed by atoms with Gasteiger partial charge in [-0.3, -0.25) is 0 Å². The molecule has 0 aliphatic heterocycles. The summed E-state index contributed by atoms with van der Waals surface area (Å²) in [5, 5.41) is 4.53. The minimum absolute atomic E-state index is 0.552. The van der Waals surface area contributed by atoms with Gasteiger partial charge in [0.25, 0.3) is 0 Å². The standard InChI is InChI=1S/C13H17.CH2O2.2CH3.Ti/c1-3-7-12-10(5-1)9-11-6-2-4-8-13(11)12;2-1-3;;;/h9H,1-8H2;1H,(H,2,3);2*1H3;/q;;;;+1/p-1. The van der Waals surface area contributed by atoms with Crippen LogP contribution in [0.2, 0.25) is 14.7 Å². The second kappa shape index (κ2) is 5.22. The van der Waals surface area contributed by atoms with Crippen LogP contribution in [0.25, 0.3) is 0 Å². The summed E-state index contributed by atoms with van der Waals surface area (Å²) in [4.78, 5) is 10.9. The molecule has 0 aromatic carbocycles. The predicted molar refractivity (Wildman–Crippen MR) is 73.6 cm³/mol. The molecule has 3 rings (SSSR count). The predicted octanol–water partition coefficient (Wildman–Crippen LogP) is 4.87. The maximum atomic E-state index is 10.9. The van der Waals surface area contributed by atoms with Gasteiger partial charge in [-0.2, -0.15) is 0 Å². The van der Waals surface area contributed by atoms with E-state index in [0.29, 0.717) is 10.7 Å². The summed E-state index contributed by atoms with van der Waals surface area (Å²) in [6, 6.07) is 0. The molecular formula is C16H24O2Ti. The van der Waals surface area contributed by atoms with Crippen molar-refractivity contribution in [1.82, 2.24) is 0 Å². The molecule has 0 aromatic heterocycles. The van der Waals surface area contributed by atoms with Gasteiger partial charge in [0.2, 0.25) is 0 Å². The van der Waals surface area contributed by atoms with E-state index in [1.807, 2.05) is 0 Å². The first kappa shape index (κ1) is 13.6. The summed E-state index contributed by atoms with van der Waals surface area (Å²) in [5.41, 5.74) is 6.76. The zero-order valence-corrected chi connectivity index (χ0v) is 13.7. The van der Waals surface area contributed by atoms with E-state index in [0.717, 1.165) is 0 Å². The first-order valence-electron chi connectivity index (χ1n) is 7.71. The van der Waals surface area contributed by atoms with Crippen LogP contribution >= 0.6 is 0 Å². The Morgan fingerprint density at radius 2 is 1.42 bits per heavy atom. The summed E-state index contributed by atoms with van der Waals surface area (Å²) >= 11 is -2.53. The van der Waals surface area contributed by atoms with Crippen LogP contribution in [0.15, 0.2) is 22.3 Å². The SMILES string of the molecule is [CH3][Ti]([CH3])([O]C=O)[CH]1C2=C(CCCC2)C2=C1CCCC2.